The summed E-state index contributed by atoms with van der Waals surface area (Å²) in [7, 11) is 1.50. The molecule has 0 aromatic heterocycles. The van der Waals surface area contributed by atoms with E-state index in [1.54, 1.807) is 73.7 Å². The number of carbonyl (C=O) groups is 4. The molecule has 0 radical (unpaired) electrons. The smallest absolute Gasteiger partial charge is 0.335 e. The van der Waals surface area contributed by atoms with E-state index in [0.29, 0.717) is 27.6 Å². The fraction of sp³-hybridized carbons (Fsp3) is 0.111. The molecule has 10 heteroatoms. The summed E-state index contributed by atoms with van der Waals surface area (Å²) in [5.41, 5.74) is 1.33. The van der Waals surface area contributed by atoms with Crippen LogP contribution in [0.5, 0.6) is 11.5 Å². The monoisotopic (exact) mass is 519 g/mol. The van der Waals surface area contributed by atoms with E-state index in [9.17, 15) is 19.2 Å². The van der Waals surface area contributed by atoms with Gasteiger partial charge in [0, 0.05) is 10.6 Å². The Morgan fingerprint density at radius 3 is 2.46 bits per heavy atom. The molecule has 1 aliphatic rings. The Hall–Kier alpha value is -4.63. The maximum atomic E-state index is 13.3. The first-order valence-electron chi connectivity index (χ1n) is 11.1. The molecule has 0 spiro atoms. The molecule has 2 N–H and O–H groups in total. The number of hydrogen-bond donors (Lipinski definition) is 2. The summed E-state index contributed by atoms with van der Waals surface area (Å²) in [6, 6.07) is 17.4. The van der Waals surface area contributed by atoms with Gasteiger partial charge in [-0.3, -0.25) is 19.7 Å². The lowest BCUT2D eigenvalue weighted by Gasteiger charge is -2.27. The number of carbonyl (C=O) groups excluding carboxylic acids is 4. The molecule has 3 aromatic carbocycles. The first-order valence-corrected chi connectivity index (χ1v) is 11.5. The molecule has 1 fully saturated rings. The minimum Gasteiger partial charge on any atom is -0.495 e. The number of benzene rings is 3. The Bertz CT molecular complexity index is 1440. The predicted octanol–water partition coefficient (Wildman–Crippen LogP) is 4.34. The van der Waals surface area contributed by atoms with Gasteiger partial charge in [-0.1, -0.05) is 48.0 Å². The van der Waals surface area contributed by atoms with Gasteiger partial charge in [0.1, 0.15) is 17.1 Å². The Kier molecular flexibility index (Phi) is 7.55. The summed E-state index contributed by atoms with van der Waals surface area (Å²) < 4.78 is 10.9. The maximum Gasteiger partial charge on any atom is 0.335 e. The molecule has 9 nitrogen and oxygen atoms in total. The number of halogens is 1. The number of amides is 5. The number of nitrogens with zero attached hydrogens (tertiary/aromatic N) is 1. The van der Waals surface area contributed by atoms with Gasteiger partial charge in [0.25, 0.3) is 17.7 Å². The van der Waals surface area contributed by atoms with Crippen LogP contribution in [0, 0.1) is 6.92 Å². The number of nitrogens with one attached hydrogen (secondary N) is 2. The van der Waals surface area contributed by atoms with Gasteiger partial charge in [-0.25, -0.2) is 9.69 Å². The number of barbiturate groups is 1. The minimum atomic E-state index is -0.880. The average molecular weight is 520 g/mol. The Balaban J connectivity index is 1.57. The van der Waals surface area contributed by atoms with Crippen LogP contribution in [0.2, 0.25) is 5.02 Å². The van der Waals surface area contributed by atoms with E-state index in [-0.39, 0.29) is 23.6 Å². The van der Waals surface area contributed by atoms with Crippen LogP contribution in [0.15, 0.2) is 72.3 Å². The van der Waals surface area contributed by atoms with Crippen LogP contribution in [0.4, 0.5) is 16.2 Å². The Morgan fingerprint density at radius 1 is 1.00 bits per heavy atom. The fourth-order valence-electron chi connectivity index (χ4n) is 3.68. The largest absolute Gasteiger partial charge is 0.495 e. The third-order valence-corrected chi connectivity index (χ3v) is 5.95. The van der Waals surface area contributed by atoms with Crippen LogP contribution in [-0.2, 0) is 14.4 Å². The molecular weight excluding hydrogens is 498 g/mol. The van der Waals surface area contributed by atoms with Crippen molar-refractivity contribution in [2.24, 2.45) is 0 Å². The standard InChI is InChI=1S/C27H22ClN3O6/c1-16-19(28)9-7-11-21(16)31-26(34)18(25(33)30-27(31)35)14-17-8-3-5-12-22(17)37-15-24(32)29-20-10-4-6-13-23(20)36-2/h3-14H,15H2,1-2H3,(H,29,32)(H,30,33,35)/b18-14-. The zero-order valence-corrected chi connectivity index (χ0v) is 20.7. The third kappa shape index (κ3) is 5.46. The second-order valence-electron chi connectivity index (χ2n) is 7.92. The van der Waals surface area contributed by atoms with Gasteiger partial charge in [-0.05, 0) is 48.9 Å². The number of para-hydroxylation sites is 3. The van der Waals surface area contributed by atoms with Crippen LogP contribution in [0.25, 0.3) is 6.08 Å². The van der Waals surface area contributed by atoms with Crippen molar-refractivity contribution >= 4 is 52.8 Å². The minimum absolute atomic E-state index is 0.256. The van der Waals surface area contributed by atoms with Crippen molar-refractivity contribution in [3.8, 4) is 11.5 Å². The van der Waals surface area contributed by atoms with E-state index >= 15 is 0 Å². The van der Waals surface area contributed by atoms with Gasteiger partial charge in [-0.2, -0.15) is 0 Å². The summed E-state index contributed by atoms with van der Waals surface area (Å²) in [4.78, 5) is 51.7. The number of rotatable bonds is 7. The summed E-state index contributed by atoms with van der Waals surface area (Å²) in [5.74, 6) is -1.35. The molecule has 1 heterocycles. The maximum absolute atomic E-state index is 13.3. The van der Waals surface area contributed by atoms with Crippen LogP contribution >= 0.6 is 11.6 Å². The van der Waals surface area contributed by atoms with E-state index < -0.39 is 23.8 Å². The lowest BCUT2D eigenvalue weighted by atomic mass is 10.0. The average Bonchev–Trinajstić information content (AvgIpc) is 2.88. The number of methoxy groups -OCH3 is 1. The van der Waals surface area contributed by atoms with E-state index in [1.807, 2.05) is 0 Å². The molecule has 4 rings (SSSR count). The quantitative estimate of drug-likeness (QED) is 0.354. The second-order valence-corrected chi connectivity index (χ2v) is 8.32. The molecule has 1 aliphatic heterocycles. The van der Waals surface area contributed by atoms with E-state index in [0.717, 1.165) is 4.90 Å². The Morgan fingerprint density at radius 2 is 1.70 bits per heavy atom. The van der Waals surface area contributed by atoms with Gasteiger partial charge in [-0.15, -0.1) is 0 Å². The van der Waals surface area contributed by atoms with Crippen LogP contribution < -0.4 is 25.0 Å². The van der Waals surface area contributed by atoms with E-state index in [4.69, 9.17) is 21.1 Å². The van der Waals surface area contributed by atoms with Gasteiger partial charge in [0.15, 0.2) is 6.61 Å². The van der Waals surface area contributed by atoms with Gasteiger partial charge < -0.3 is 14.8 Å². The summed E-state index contributed by atoms with van der Waals surface area (Å²) in [6.07, 6.45) is 1.31. The van der Waals surface area contributed by atoms with E-state index in [1.165, 1.54) is 13.2 Å². The number of ether oxygens (including phenoxy) is 2. The number of hydrogen-bond acceptors (Lipinski definition) is 6. The normalized spacial score (nSPS) is 14.4. The molecule has 3 aromatic rings. The molecular formula is C27H22ClN3O6. The SMILES string of the molecule is COc1ccccc1NC(=O)COc1ccccc1/C=C1/C(=O)NC(=O)N(c2cccc(Cl)c2C)C1=O. The second kappa shape index (κ2) is 11.0. The molecule has 37 heavy (non-hydrogen) atoms. The zero-order valence-electron chi connectivity index (χ0n) is 19.9. The van der Waals surface area contributed by atoms with Gasteiger partial charge in [0.2, 0.25) is 0 Å². The molecule has 0 aliphatic carbocycles. The fourth-order valence-corrected chi connectivity index (χ4v) is 3.85. The van der Waals surface area contributed by atoms with Gasteiger partial charge in [0.05, 0.1) is 18.5 Å². The van der Waals surface area contributed by atoms with Crippen molar-refractivity contribution < 1.29 is 28.7 Å². The molecule has 0 atom stereocenters. The summed E-state index contributed by atoms with van der Waals surface area (Å²) in [5, 5.41) is 5.26. The number of anilines is 2. The Labute approximate surface area is 217 Å². The molecule has 0 bridgehead atoms. The highest BCUT2D eigenvalue weighted by Gasteiger charge is 2.37. The molecule has 0 saturated carbocycles. The van der Waals surface area contributed by atoms with E-state index in [2.05, 4.69) is 10.6 Å². The summed E-state index contributed by atoms with van der Waals surface area (Å²) >= 11 is 6.16. The molecule has 0 unspecified atom stereocenters. The van der Waals surface area contributed by atoms with Crippen LogP contribution in [-0.4, -0.2) is 37.5 Å². The zero-order chi connectivity index (χ0) is 26.5. The van der Waals surface area contributed by atoms with Crippen molar-refractivity contribution in [2.45, 2.75) is 6.92 Å². The third-order valence-electron chi connectivity index (χ3n) is 5.54. The first-order chi connectivity index (χ1) is 17.8. The summed E-state index contributed by atoms with van der Waals surface area (Å²) in [6.45, 7) is 1.32. The lowest BCUT2D eigenvalue weighted by molar-refractivity contribution is -0.122. The van der Waals surface area contributed by atoms with Crippen molar-refractivity contribution in [3.05, 3.63) is 88.5 Å². The van der Waals surface area contributed by atoms with Crippen molar-refractivity contribution in [1.82, 2.24) is 5.32 Å². The van der Waals surface area contributed by atoms with Crippen LogP contribution in [0.3, 0.4) is 0 Å². The number of urea groups is 1. The van der Waals surface area contributed by atoms with Crippen LogP contribution in [0.1, 0.15) is 11.1 Å². The number of imide groups is 2. The van der Waals surface area contributed by atoms with Crippen molar-refractivity contribution in [1.29, 1.82) is 0 Å². The van der Waals surface area contributed by atoms with Crippen molar-refractivity contribution in [2.75, 3.05) is 23.9 Å². The first kappa shape index (κ1) is 25.5. The highest BCUT2D eigenvalue weighted by atomic mass is 35.5. The molecule has 1 saturated heterocycles. The highest BCUT2D eigenvalue weighted by molar-refractivity contribution is 6.40. The van der Waals surface area contributed by atoms with Crippen molar-refractivity contribution in [3.63, 3.8) is 0 Å². The lowest BCUT2D eigenvalue weighted by Crippen LogP contribution is -2.54. The predicted molar refractivity (Wildman–Crippen MR) is 139 cm³/mol. The molecule has 5 amide bonds. The van der Waals surface area contributed by atoms with Gasteiger partial charge >= 0.3 is 6.03 Å². The topological polar surface area (TPSA) is 114 Å². The molecule has 188 valence electrons. The highest BCUT2D eigenvalue weighted by Crippen LogP contribution is 2.30.